The van der Waals surface area contributed by atoms with Crippen molar-refractivity contribution in [2.24, 2.45) is 0 Å². The largest absolute Gasteiger partial charge is 1.00 e. The number of rotatable bonds is 5. The van der Waals surface area contributed by atoms with Gasteiger partial charge >= 0.3 is 0 Å². The topological polar surface area (TPSA) is 40.5 Å². The van der Waals surface area contributed by atoms with E-state index < -0.39 is 6.10 Å². The predicted octanol–water partition coefficient (Wildman–Crippen LogP) is -3.17. The summed E-state index contributed by atoms with van der Waals surface area (Å²) in [4.78, 5) is 0. The number of aliphatic hydroxyl groups excluding tert-OH is 2. The fourth-order valence-corrected chi connectivity index (χ4v) is 1.32. The van der Waals surface area contributed by atoms with Gasteiger partial charge in [0.05, 0.1) is 27.2 Å². The molecule has 1 unspecified atom stereocenters. The molecule has 4 heteroatoms. The molecule has 76 valence electrons. The second kappa shape index (κ2) is 6.66. The summed E-state index contributed by atoms with van der Waals surface area (Å²) in [6.07, 6.45) is 0.530. The number of halogens is 1. The lowest BCUT2D eigenvalue weighted by molar-refractivity contribution is -0.893. The zero-order valence-electron chi connectivity index (χ0n) is 8.13. The van der Waals surface area contributed by atoms with Crippen LogP contribution >= 0.6 is 0 Å². The second-order valence-corrected chi connectivity index (χ2v) is 3.68. The Morgan fingerprint density at radius 1 is 1.33 bits per heavy atom. The van der Waals surface area contributed by atoms with Crippen molar-refractivity contribution >= 4 is 0 Å². The van der Waals surface area contributed by atoms with E-state index in [1.54, 1.807) is 0 Å². The van der Waals surface area contributed by atoms with Gasteiger partial charge in [-0.1, -0.05) is 6.92 Å². The summed E-state index contributed by atoms with van der Waals surface area (Å²) in [5.41, 5.74) is 0. The van der Waals surface area contributed by atoms with Crippen LogP contribution in [0, 0.1) is 0 Å². The molecule has 0 aromatic heterocycles. The van der Waals surface area contributed by atoms with Crippen molar-refractivity contribution < 1.29 is 27.1 Å². The van der Waals surface area contributed by atoms with Crippen LogP contribution in [0.15, 0.2) is 0 Å². The molecule has 0 heterocycles. The van der Waals surface area contributed by atoms with Gasteiger partial charge in [0, 0.05) is 0 Å². The Morgan fingerprint density at radius 3 is 2.17 bits per heavy atom. The maximum Gasteiger partial charge on any atom is 0.126 e. The average Bonchev–Trinajstić information content (AvgIpc) is 1.86. The normalized spacial score (nSPS) is 13.8. The number of quaternary nitrogens is 1. The van der Waals surface area contributed by atoms with E-state index in [1.807, 2.05) is 0 Å². The van der Waals surface area contributed by atoms with Gasteiger partial charge in [-0.2, -0.15) is 0 Å². The Labute approximate surface area is 81.0 Å². The highest BCUT2D eigenvalue weighted by Crippen LogP contribution is 2.00. The molecule has 1 atom stereocenters. The molecule has 0 spiro atoms. The summed E-state index contributed by atoms with van der Waals surface area (Å²) < 4.78 is 0.776. The van der Waals surface area contributed by atoms with E-state index in [2.05, 4.69) is 21.0 Å². The van der Waals surface area contributed by atoms with E-state index >= 15 is 0 Å². The molecule has 0 aliphatic carbocycles. The maximum absolute atomic E-state index is 9.15. The SMILES string of the molecule is CCC[N+](C)(C)CC(O)CO.[Cl-]. The van der Waals surface area contributed by atoms with Gasteiger partial charge in [-0.15, -0.1) is 0 Å². The van der Waals surface area contributed by atoms with Gasteiger partial charge in [-0.3, -0.25) is 0 Å². The predicted molar refractivity (Wildman–Crippen MR) is 45.2 cm³/mol. The van der Waals surface area contributed by atoms with Crippen molar-refractivity contribution in [2.75, 3.05) is 33.8 Å². The van der Waals surface area contributed by atoms with Crippen LogP contribution in [0.25, 0.3) is 0 Å². The molecule has 0 aliphatic heterocycles. The summed E-state index contributed by atoms with van der Waals surface area (Å²) in [6, 6.07) is 0. The fraction of sp³-hybridized carbons (Fsp3) is 1.00. The Balaban J connectivity index is 0. The molecule has 2 N–H and O–H groups in total. The van der Waals surface area contributed by atoms with Gasteiger partial charge in [0.15, 0.2) is 0 Å². The number of hydrogen-bond donors (Lipinski definition) is 2. The second-order valence-electron chi connectivity index (χ2n) is 3.68. The van der Waals surface area contributed by atoms with Crippen molar-refractivity contribution in [3.63, 3.8) is 0 Å². The summed E-state index contributed by atoms with van der Waals surface area (Å²) in [5.74, 6) is 0. The van der Waals surface area contributed by atoms with E-state index in [-0.39, 0.29) is 19.0 Å². The third-order valence-corrected chi connectivity index (χ3v) is 1.74. The number of likely N-dealkylation sites (N-methyl/N-ethyl adjacent to an activating group) is 1. The van der Waals surface area contributed by atoms with Crippen LogP contribution < -0.4 is 12.4 Å². The molecule has 0 fully saturated rings. The van der Waals surface area contributed by atoms with E-state index in [1.165, 1.54) is 0 Å². The van der Waals surface area contributed by atoms with Crippen LogP contribution in [0.3, 0.4) is 0 Å². The van der Waals surface area contributed by atoms with E-state index in [9.17, 15) is 0 Å². The molecular formula is C8H20ClNO2. The van der Waals surface area contributed by atoms with Gasteiger partial charge in [0.25, 0.3) is 0 Å². The maximum atomic E-state index is 9.15. The van der Waals surface area contributed by atoms with Crippen molar-refractivity contribution in [1.82, 2.24) is 0 Å². The van der Waals surface area contributed by atoms with Crippen LogP contribution in [-0.4, -0.2) is 54.6 Å². The van der Waals surface area contributed by atoms with Gasteiger partial charge in [-0.25, -0.2) is 0 Å². The van der Waals surface area contributed by atoms with Crippen molar-refractivity contribution in [1.29, 1.82) is 0 Å². The van der Waals surface area contributed by atoms with Crippen LogP contribution in [-0.2, 0) is 0 Å². The van der Waals surface area contributed by atoms with Crippen LogP contribution in [0.4, 0.5) is 0 Å². The smallest absolute Gasteiger partial charge is 0.126 e. The fourth-order valence-electron chi connectivity index (χ4n) is 1.32. The molecule has 3 nitrogen and oxygen atoms in total. The van der Waals surface area contributed by atoms with Crippen LogP contribution in [0.2, 0.25) is 0 Å². The van der Waals surface area contributed by atoms with Gasteiger partial charge in [0.1, 0.15) is 12.6 Å². The molecule has 0 amide bonds. The van der Waals surface area contributed by atoms with Crippen molar-refractivity contribution in [2.45, 2.75) is 19.4 Å². The summed E-state index contributed by atoms with van der Waals surface area (Å²) in [5, 5.41) is 17.8. The molecule has 0 aromatic rings. The van der Waals surface area contributed by atoms with Gasteiger partial charge < -0.3 is 27.1 Å². The minimum Gasteiger partial charge on any atom is -1.00 e. The van der Waals surface area contributed by atoms with E-state index in [0.717, 1.165) is 17.4 Å². The molecule has 12 heavy (non-hydrogen) atoms. The lowest BCUT2D eigenvalue weighted by Gasteiger charge is -2.30. The first-order valence-corrected chi connectivity index (χ1v) is 4.12. The minimum atomic E-state index is -0.573. The lowest BCUT2D eigenvalue weighted by Crippen LogP contribution is -3.00. The van der Waals surface area contributed by atoms with E-state index in [4.69, 9.17) is 10.2 Å². The number of nitrogens with zero attached hydrogens (tertiary/aromatic N) is 1. The van der Waals surface area contributed by atoms with Gasteiger partial charge in [-0.05, 0) is 6.42 Å². The van der Waals surface area contributed by atoms with Gasteiger partial charge in [0.2, 0.25) is 0 Å². The standard InChI is InChI=1S/C8H20NO2.ClH/c1-4-5-9(2,3)6-8(11)7-10;/h8,10-11H,4-7H2,1-3H3;1H/q+1;/p-1. The first-order valence-electron chi connectivity index (χ1n) is 4.12. The molecule has 0 aromatic carbocycles. The van der Waals surface area contributed by atoms with Crippen LogP contribution in [0.1, 0.15) is 13.3 Å². The number of aliphatic hydroxyl groups is 2. The van der Waals surface area contributed by atoms with Crippen LogP contribution in [0.5, 0.6) is 0 Å². The highest BCUT2D eigenvalue weighted by molar-refractivity contribution is 4.49. The Bertz CT molecular complexity index is 109. The van der Waals surface area contributed by atoms with Crippen molar-refractivity contribution in [3.8, 4) is 0 Å². The third kappa shape index (κ3) is 6.85. The van der Waals surface area contributed by atoms with E-state index in [0.29, 0.717) is 6.54 Å². The minimum absolute atomic E-state index is 0. The summed E-state index contributed by atoms with van der Waals surface area (Å²) in [6.45, 7) is 3.65. The summed E-state index contributed by atoms with van der Waals surface area (Å²) >= 11 is 0. The highest BCUT2D eigenvalue weighted by Gasteiger charge is 2.18. The molecular weight excluding hydrogens is 178 g/mol. The average molecular weight is 198 g/mol. The molecule has 0 saturated heterocycles. The molecule has 0 radical (unpaired) electrons. The molecule has 0 bridgehead atoms. The Kier molecular flexibility index (Phi) is 8.15. The third-order valence-electron chi connectivity index (χ3n) is 1.74. The molecule has 0 aliphatic rings. The monoisotopic (exact) mass is 197 g/mol. The summed E-state index contributed by atoms with van der Waals surface area (Å²) in [7, 11) is 4.12. The van der Waals surface area contributed by atoms with Crippen molar-refractivity contribution in [3.05, 3.63) is 0 Å². The zero-order valence-corrected chi connectivity index (χ0v) is 8.88. The number of hydrogen-bond acceptors (Lipinski definition) is 2. The first kappa shape index (κ1) is 14.7. The highest BCUT2D eigenvalue weighted by atomic mass is 35.5. The Hall–Kier alpha value is 0.170. The zero-order chi connectivity index (χ0) is 8.91. The molecule has 0 saturated carbocycles. The quantitative estimate of drug-likeness (QED) is 0.457. The molecule has 0 rings (SSSR count). The first-order chi connectivity index (χ1) is 5.02. The Morgan fingerprint density at radius 2 is 1.83 bits per heavy atom. The lowest BCUT2D eigenvalue weighted by atomic mass is 10.3.